The Morgan fingerprint density at radius 3 is 2.50 bits per heavy atom. The topological polar surface area (TPSA) is 12.0 Å². The molecule has 0 fully saturated rings. The fourth-order valence-corrected chi connectivity index (χ4v) is 3.10. The fourth-order valence-electron chi connectivity index (χ4n) is 2.02. The Morgan fingerprint density at radius 2 is 1.89 bits per heavy atom. The maximum atomic E-state index is 6.02. The third kappa shape index (κ3) is 3.35. The molecule has 1 nitrogen and oxygen atoms in total. The van der Waals surface area contributed by atoms with Gasteiger partial charge in [0.2, 0.25) is 0 Å². The van der Waals surface area contributed by atoms with Gasteiger partial charge in [-0.05, 0) is 50.6 Å². The standard InChI is InChI=1S/C15H18ClNS/c1-10-7-8-15(18-10)12(3)17-11(2)13-5-4-6-14(16)9-13/h4-9,11-12,17H,1-3H3. The van der Waals surface area contributed by atoms with Crippen LogP contribution in [-0.4, -0.2) is 0 Å². The molecule has 0 aliphatic rings. The number of nitrogens with one attached hydrogen (secondary N) is 1. The van der Waals surface area contributed by atoms with Gasteiger partial charge in [0.15, 0.2) is 0 Å². The van der Waals surface area contributed by atoms with E-state index in [1.807, 2.05) is 29.5 Å². The van der Waals surface area contributed by atoms with Gasteiger partial charge in [-0.25, -0.2) is 0 Å². The van der Waals surface area contributed by atoms with Gasteiger partial charge in [0.05, 0.1) is 0 Å². The monoisotopic (exact) mass is 279 g/mol. The quantitative estimate of drug-likeness (QED) is 0.819. The van der Waals surface area contributed by atoms with Crippen LogP contribution in [0.5, 0.6) is 0 Å². The van der Waals surface area contributed by atoms with E-state index >= 15 is 0 Å². The first-order valence-electron chi connectivity index (χ1n) is 6.14. The molecule has 2 aromatic rings. The van der Waals surface area contributed by atoms with Crippen molar-refractivity contribution in [1.29, 1.82) is 0 Å². The zero-order valence-electron chi connectivity index (χ0n) is 10.9. The van der Waals surface area contributed by atoms with Crippen LogP contribution in [0.1, 0.15) is 41.2 Å². The number of aryl methyl sites for hydroxylation is 1. The van der Waals surface area contributed by atoms with Crippen molar-refractivity contribution in [3.05, 3.63) is 56.7 Å². The third-order valence-electron chi connectivity index (χ3n) is 3.04. The summed E-state index contributed by atoms with van der Waals surface area (Å²) in [4.78, 5) is 2.73. The highest BCUT2D eigenvalue weighted by molar-refractivity contribution is 7.12. The highest BCUT2D eigenvalue weighted by Gasteiger charge is 2.12. The Bertz CT molecular complexity index is 521. The summed E-state index contributed by atoms with van der Waals surface area (Å²) in [5.41, 5.74) is 1.22. The number of benzene rings is 1. The SMILES string of the molecule is Cc1ccc(C(C)NC(C)c2cccc(Cl)c2)s1. The van der Waals surface area contributed by atoms with Crippen molar-refractivity contribution in [3.63, 3.8) is 0 Å². The second kappa shape index (κ2) is 5.87. The molecule has 0 amide bonds. The van der Waals surface area contributed by atoms with Crippen molar-refractivity contribution >= 4 is 22.9 Å². The Kier molecular flexibility index (Phi) is 4.44. The Balaban J connectivity index is 2.05. The number of halogens is 1. The number of thiophene rings is 1. The summed E-state index contributed by atoms with van der Waals surface area (Å²) in [7, 11) is 0. The van der Waals surface area contributed by atoms with E-state index in [-0.39, 0.29) is 0 Å². The van der Waals surface area contributed by atoms with Crippen LogP contribution < -0.4 is 5.32 Å². The fraction of sp³-hybridized carbons (Fsp3) is 0.333. The number of rotatable bonds is 4. The maximum Gasteiger partial charge on any atom is 0.0409 e. The van der Waals surface area contributed by atoms with Crippen molar-refractivity contribution < 1.29 is 0 Å². The molecule has 0 radical (unpaired) electrons. The molecule has 3 heteroatoms. The van der Waals surface area contributed by atoms with Crippen LogP contribution in [0.15, 0.2) is 36.4 Å². The first-order chi connectivity index (χ1) is 8.56. The van der Waals surface area contributed by atoms with Crippen LogP contribution in [-0.2, 0) is 0 Å². The molecule has 0 saturated heterocycles. The molecule has 1 aromatic heterocycles. The van der Waals surface area contributed by atoms with Crippen LogP contribution in [0.3, 0.4) is 0 Å². The molecule has 18 heavy (non-hydrogen) atoms. The van der Waals surface area contributed by atoms with Crippen molar-refractivity contribution in [2.75, 3.05) is 0 Å². The highest BCUT2D eigenvalue weighted by atomic mass is 35.5. The molecular weight excluding hydrogens is 262 g/mol. The second-order valence-electron chi connectivity index (χ2n) is 4.61. The van der Waals surface area contributed by atoms with Crippen molar-refractivity contribution in [2.45, 2.75) is 32.9 Å². The van der Waals surface area contributed by atoms with E-state index in [0.29, 0.717) is 12.1 Å². The maximum absolute atomic E-state index is 6.02. The van der Waals surface area contributed by atoms with E-state index in [1.165, 1.54) is 15.3 Å². The predicted octanol–water partition coefficient (Wildman–Crippen LogP) is 5.12. The summed E-state index contributed by atoms with van der Waals surface area (Å²) in [6.07, 6.45) is 0. The average molecular weight is 280 g/mol. The van der Waals surface area contributed by atoms with Crippen molar-refractivity contribution in [3.8, 4) is 0 Å². The van der Waals surface area contributed by atoms with Crippen molar-refractivity contribution in [1.82, 2.24) is 5.32 Å². The van der Waals surface area contributed by atoms with Gasteiger partial charge in [0, 0.05) is 26.9 Å². The summed E-state index contributed by atoms with van der Waals surface area (Å²) < 4.78 is 0. The highest BCUT2D eigenvalue weighted by Crippen LogP contribution is 2.25. The smallest absolute Gasteiger partial charge is 0.0409 e. The normalized spacial score (nSPS) is 14.4. The van der Waals surface area contributed by atoms with Gasteiger partial charge in [-0.3, -0.25) is 0 Å². The van der Waals surface area contributed by atoms with E-state index < -0.39 is 0 Å². The third-order valence-corrected chi connectivity index (χ3v) is 4.46. The number of hydrogen-bond donors (Lipinski definition) is 1. The van der Waals surface area contributed by atoms with E-state index in [9.17, 15) is 0 Å². The molecule has 0 aliphatic heterocycles. The van der Waals surface area contributed by atoms with Gasteiger partial charge >= 0.3 is 0 Å². The summed E-state index contributed by atoms with van der Waals surface area (Å²) in [5.74, 6) is 0. The molecule has 1 heterocycles. The lowest BCUT2D eigenvalue weighted by Crippen LogP contribution is -2.21. The van der Waals surface area contributed by atoms with E-state index in [0.717, 1.165) is 5.02 Å². The number of hydrogen-bond acceptors (Lipinski definition) is 2. The molecule has 2 rings (SSSR count). The molecule has 96 valence electrons. The lowest BCUT2D eigenvalue weighted by atomic mass is 10.1. The first kappa shape index (κ1) is 13.6. The average Bonchev–Trinajstić information content (AvgIpc) is 2.76. The molecule has 0 aliphatic carbocycles. The minimum Gasteiger partial charge on any atom is -0.303 e. The predicted molar refractivity (Wildman–Crippen MR) is 80.5 cm³/mol. The van der Waals surface area contributed by atoms with Crippen molar-refractivity contribution in [2.24, 2.45) is 0 Å². The lowest BCUT2D eigenvalue weighted by Gasteiger charge is -2.19. The zero-order chi connectivity index (χ0) is 13.1. The van der Waals surface area contributed by atoms with Crippen LogP contribution in [0, 0.1) is 6.92 Å². The Labute approximate surface area is 118 Å². The minimum atomic E-state index is 0.293. The second-order valence-corrected chi connectivity index (χ2v) is 6.37. The van der Waals surface area contributed by atoms with Crippen LogP contribution >= 0.6 is 22.9 Å². The summed E-state index contributed by atoms with van der Waals surface area (Å²) in [6, 6.07) is 13.0. The summed E-state index contributed by atoms with van der Waals surface area (Å²) in [6.45, 7) is 6.51. The van der Waals surface area contributed by atoms with Gasteiger partial charge in [0.1, 0.15) is 0 Å². The molecule has 0 saturated carbocycles. The minimum absolute atomic E-state index is 0.293. The zero-order valence-corrected chi connectivity index (χ0v) is 12.5. The van der Waals surface area contributed by atoms with E-state index in [2.05, 4.69) is 44.3 Å². The molecule has 0 spiro atoms. The van der Waals surface area contributed by atoms with Gasteiger partial charge < -0.3 is 5.32 Å². The Morgan fingerprint density at radius 1 is 1.11 bits per heavy atom. The van der Waals surface area contributed by atoms with Crippen LogP contribution in [0.4, 0.5) is 0 Å². The molecule has 2 atom stereocenters. The van der Waals surface area contributed by atoms with E-state index in [4.69, 9.17) is 11.6 Å². The van der Waals surface area contributed by atoms with Gasteiger partial charge in [-0.2, -0.15) is 0 Å². The molecule has 1 aromatic carbocycles. The largest absolute Gasteiger partial charge is 0.303 e. The van der Waals surface area contributed by atoms with Crippen LogP contribution in [0.2, 0.25) is 5.02 Å². The molecular formula is C15H18ClNS. The van der Waals surface area contributed by atoms with Crippen LogP contribution in [0.25, 0.3) is 0 Å². The summed E-state index contributed by atoms with van der Waals surface area (Å²) >= 11 is 7.87. The van der Waals surface area contributed by atoms with E-state index in [1.54, 1.807) is 0 Å². The summed E-state index contributed by atoms with van der Waals surface area (Å²) in [5, 5.41) is 4.40. The first-order valence-corrected chi connectivity index (χ1v) is 7.33. The molecule has 0 bridgehead atoms. The van der Waals surface area contributed by atoms with Gasteiger partial charge in [-0.1, -0.05) is 23.7 Å². The lowest BCUT2D eigenvalue weighted by molar-refractivity contribution is 0.500. The van der Waals surface area contributed by atoms with Gasteiger partial charge in [-0.15, -0.1) is 11.3 Å². The molecule has 2 unspecified atom stereocenters. The van der Waals surface area contributed by atoms with Gasteiger partial charge in [0.25, 0.3) is 0 Å². The Hall–Kier alpha value is -0.830. The molecule has 1 N–H and O–H groups in total.